The molecule has 3 aromatic rings. The lowest BCUT2D eigenvalue weighted by molar-refractivity contribution is -0.949. The van der Waals surface area contributed by atoms with Gasteiger partial charge in [-0.2, -0.15) is 5.26 Å². The Morgan fingerprint density at radius 1 is 0.829 bits per heavy atom. The smallest absolute Gasteiger partial charge is 0.107 e. The average molecular weight is 466 g/mol. The van der Waals surface area contributed by atoms with E-state index in [0.717, 1.165) is 35.2 Å². The Morgan fingerprint density at radius 2 is 1.34 bits per heavy atom. The van der Waals surface area contributed by atoms with Gasteiger partial charge < -0.3 is 9.22 Å². The molecular weight excluding hydrogens is 428 g/mol. The first-order valence-corrected chi connectivity index (χ1v) is 13.1. The lowest BCUT2D eigenvalue weighted by atomic mass is 9.67. The number of nitriles is 1. The molecule has 0 saturated carbocycles. The summed E-state index contributed by atoms with van der Waals surface area (Å²) >= 11 is 0. The first-order chi connectivity index (χ1) is 17.1. The highest BCUT2D eigenvalue weighted by molar-refractivity contribution is 5.46. The van der Waals surface area contributed by atoms with Crippen LogP contribution in [-0.4, -0.2) is 36.8 Å². The zero-order valence-corrected chi connectivity index (χ0v) is 20.9. The van der Waals surface area contributed by atoms with E-state index < -0.39 is 5.41 Å². The van der Waals surface area contributed by atoms with Crippen molar-refractivity contribution in [3.63, 3.8) is 0 Å². The second kappa shape index (κ2) is 10.4. The van der Waals surface area contributed by atoms with Crippen molar-refractivity contribution < 1.29 is 9.22 Å². The van der Waals surface area contributed by atoms with Crippen LogP contribution in [0.2, 0.25) is 0 Å². The lowest BCUT2D eigenvalue weighted by Crippen LogP contribution is -2.59. The maximum Gasteiger partial charge on any atom is 0.107 e. The second-order valence-corrected chi connectivity index (χ2v) is 10.8. The van der Waals surface area contributed by atoms with Gasteiger partial charge in [0.1, 0.15) is 12.0 Å². The van der Waals surface area contributed by atoms with Crippen LogP contribution in [0.1, 0.15) is 48.8 Å². The van der Waals surface area contributed by atoms with Crippen LogP contribution in [0.25, 0.3) is 0 Å². The average Bonchev–Trinajstić information content (AvgIpc) is 3.07. The van der Waals surface area contributed by atoms with Crippen molar-refractivity contribution in [2.24, 2.45) is 5.92 Å². The SMILES string of the molecule is C[N+]1(CCOCc2ccccc2)C2CC[C@H]1CC(CC(C#N)(c1ccccc1)c1ccccc1)C2. The first kappa shape index (κ1) is 23.8. The Morgan fingerprint density at radius 3 is 1.86 bits per heavy atom. The van der Waals surface area contributed by atoms with Gasteiger partial charge in [-0.3, -0.25) is 0 Å². The Kier molecular flexibility index (Phi) is 7.04. The maximum absolute atomic E-state index is 10.6. The molecule has 2 aliphatic heterocycles. The van der Waals surface area contributed by atoms with Crippen LogP contribution in [-0.2, 0) is 16.8 Å². The van der Waals surface area contributed by atoms with Crippen molar-refractivity contribution >= 4 is 0 Å². The highest BCUT2D eigenvalue weighted by atomic mass is 16.5. The van der Waals surface area contributed by atoms with Gasteiger partial charge in [0.25, 0.3) is 0 Å². The van der Waals surface area contributed by atoms with E-state index in [4.69, 9.17) is 4.74 Å². The molecule has 180 valence electrons. The van der Waals surface area contributed by atoms with Crippen LogP contribution in [0.3, 0.4) is 0 Å². The molecule has 0 aromatic heterocycles. The summed E-state index contributed by atoms with van der Waals surface area (Å²) in [6.07, 6.45) is 5.90. The Hall–Kier alpha value is -2.93. The molecule has 3 nitrogen and oxygen atoms in total. The Bertz CT molecular complexity index is 1070. The number of ether oxygens (including phenoxy) is 1. The van der Waals surface area contributed by atoms with E-state index in [9.17, 15) is 5.26 Å². The van der Waals surface area contributed by atoms with Crippen molar-refractivity contribution in [1.29, 1.82) is 5.26 Å². The van der Waals surface area contributed by atoms with Crippen LogP contribution in [0, 0.1) is 17.2 Å². The molecule has 3 aromatic carbocycles. The van der Waals surface area contributed by atoms with E-state index >= 15 is 0 Å². The van der Waals surface area contributed by atoms with Crippen LogP contribution in [0.15, 0.2) is 91.0 Å². The zero-order valence-electron chi connectivity index (χ0n) is 20.9. The van der Waals surface area contributed by atoms with Gasteiger partial charge in [0, 0.05) is 25.7 Å². The lowest BCUT2D eigenvalue weighted by Gasteiger charge is -2.48. The molecule has 35 heavy (non-hydrogen) atoms. The Balaban J connectivity index is 1.29. The molecule has 3 unspecified atom stereocenters. The summed E-state index contributed by atoms with van der Waals surface area (Å²) in [6, 6.07) is 35.5. The molecular formula is C32H37N2O+. The quantitative estimate of drug-likeness (QED) is 0.267. The molecule has 0 aliphatic carbocycles. The normalized spacial score (nSPS) is 25.8. The van der Waals surface area contributed by atoms with E-state index in [-0.39, 0.29) is 0 Å². The summed E-state index contributed by atoms with van der Waals surface area (Å²) in [7, 11) is 2.45. The van der Waals surface area contributed by atoms with Crippen molar-refractivity contribution in [1.82, 2.24) is 0 Å². The van der Waals surface area contributed by atoms with Gasteiger partial charge >= 0.3 is 0 Å². The van der Waals surface area contributed by atoms with Crippen molar-refractivity contribution in [3.05, 3.63) is 108 Å². The number of piperidine rings is 1. The predicted octanol–water partition coefficient (Wildman–Crippen LogP) is 6.49. The van der Waals surface area contributed by atoms with Crippen LogP contribution in [0.4, 0.5) is 0 Å². The molecule has 2 heterocycles. The molecule has 0 spiro atoms. The molecule has 5 rings (SSSR count). The summed E-state index contributed by atoms with van der Waals surface area (Å²) in [6.45, 7) is 2.58. The third-order valence-corrected chi connectivity index (χ3v) is 8.86. The van der Waals surface area contributed by atoms with Gasteiger partial charge in [-0.15, -0.1) is 0 Å². The molecule has 2 saturated heterocycles. The zero-order chi connectivity index (χ0) is 24.1. The fraction of sp³-hybridized carbons (Fsp3) is 0.406. The Labute approximate surface area is 210 Å². The topological polar surface area (TPSA) is 33.0 Å². The number of quaternary nitrogens is 1. The van der Waals surface area contributed by atoms with Crippen LogP contribution in [0.5, 0.6) is 0 Å². The van der Waals surface area contributed by atoms with E-state index in [1.54, 1.807) is 0 Å². The summed E-state index contributed by atoms with van der Waals surface area (Å²) in [4.78, 5) is 0. The summed E-state index contributed by atoms with van der Waals surface area (Å²) in [5.41, 5.74) is 2.90. The van der Waals surface area contributed by atoms with Crippen molar-refractivity contribution in [3.8, 4) is 6.07 Å². The number of benzene rings is 3. The highest BCUT2D eigenvalue weighted by Crippen LogP contribution is 2.48. The van der Waals surface area contributed by atoms with E-state index in [1.165, 1.54) is 31.2 Å². The molecule has 4 atom stereocenters. The van der Waals surface area contributed by atoms with Gasteiger partial charge in [0.05, 0.1) is 38.4 Å². The fourth-order valence-corrected chi connectivity index (χ4v) is 6.87. The highest BCUT2D eigenvalue weighted by Gasteiger charge is 2.52. The second-order valence-electron chi connectivity index (χ2n) is 10.8. The largest absolute Gasteiger partial charge is 0.371 e. The number of nitrogens with zero attached hydrogens (tertiary/aromatic N) is 2. The van der Waals surface area contributed by atoms with E-state index in [0.29, 0.717) is 24.6 Å². The number of hydrogen-bond acceptors (Lipinski definition) is 2. The molecule has 2 fully saturated rings. The van der Waals surface area contributed by atoms with Gasteiger partial charge in [0.15, 0.2) is 0 Å². The summed E-state index contributed by atoms with van der Waals surface area (Å²) in [5, 5.41) is 10.6. The number of likely N-dealkylation sites (N-methyl/N-ethyl adjacent to an activating group) is 1. The van der Waals surface area contributed by atoms with Gasteiger partial charge in [-0.05, 0) is 29.0 Å². The van der Waals surface area contributed by atoms with Gasteiger partial charge in [-0.1, -0.05) is 91.0 Å². The molecule has 0 amide bonds. The molecule has 3 heteroatoms. The number of fused-ring (bicyclic) bond motifs is 2. The van der Waals surface area contributed by atoms with Crippen LogP contribution < -0.4 is 0 Å². The third kappa shape index (κ3) is 4.79. The van der Waals surface area contributed by atoms with Gasteiger partial charge in [0.2, 0.25) is 0 Å². The molecule has 0 N–H and O–H groups in total. The third-order valence-electron chi connectivity index (χ3n) is 8.86. The van der Waals surface area contributed by atoms with Crippen molar-refractivity contribution in [2.75, 3.05) is 20.2 Å². The maximum atomic E-state index is 10.6. The predicted molar refractivity (Wildman–Crippen MR) is 141 cm³/mol. The molecule has 0 radical (unpaired) electrons. The molecule has 2 bridgehead atoms. The summed E-state index contributed by atoms with van der Waals surface area (Å²) in [5.74, 6) is 0.559. The first-order valence-electron chi connectivity index (χ1n) is 13.1. The monoisotopic (exact) mass is 465 g/mol. The minimum Gasteiger partial charge on any atom is -0.371 e. The van der Waals surface area contributed by atoms with Gasteiger partial charge in [-0.25, -0.2) is 0 Å². The standard InChI is InChI=1S/C32H37N2O/c1-34(19-20-35-24-26-11-5-2-6-12-26)30-17-18-31(34)22-27(21-30)23-32(25-33,28-13-7-3-8-14-28)29-15-9-4-10-16-29/h2-16,27,30-31H,17-24H2,1H3/q+1/t27?,30-,31?,34?/m0/s1. The minimum atomic E-state index is -0.591. The fourth-order valence-electron chi connectivity index (χ4n) is 6.87. The van der Waals surface area contributed by atoms with Crippen LogP contribution >= 0.6 is 0 Å². The number of rotatable bonds is 9. The van der Waals surface area contributed by atoms with E-state index in [2.05, 4.69) is 85.9 Å². The van der Waals surface area contributed by atoms with E-state index in [1.807, 2.05) is 18.2 Å². The molecule has 2 aliphatic rings. The minimum absolute atomic E-state index is 0.559. The summed E-state index contributed by atoms with van der Waals surface area (Å²) < 4.78 is 7.23. The number of hydrogen-bond donors (Lipinski definition) is 0. The van der Waals surface area contributed by atoms with Crippen molar-refractivity contribution in [2.45, 2.75) is 56.2 Å².